The number of aliphatic hydroxyl groups excluding tert-OH is 1. The first-order chi connectivity index (χ1) is 10.1. The molecule has 1 aromatic rings. The van der Waals surface area contributed by atoms with Crippen LogP contribution < -0.4 is 16.0 Å². The molecule has 2 amide bonds. The highest BCUT2D eigenvalue weighted by Crippen LogP contribution is 2.28. The van der Waals surface area contributed by atoms with Crippen LogP contribution in [0, 0.1) is 5.82 Å². The van der Waals surface area contributed by atoms with Crippen molar-refractivity contribution in [3.8, 4) is 0 Å². The van der Waals surface area contributed by atoms with Gasteiger partial charge in [0, 0.05) is 24.3 Å². The molecule has 0 aromatic heterocycles. The Hall–Kier alpha value is -1.70. The molecule has 0 saturated carbocycles. The first-order valence-electron chi connectivity index (χ1n) is 6.85. The van der Waals surface area contributed by atoms with Crippen molar-refractivity contribution < 1.29 is 19.0 Å². The maximum atomic E-state index is 14.2. The highest BCUT2D eigenvalue weighted by molar-refractivity contribution is 5.89. The molecular weight excluding hydrogens is 277 g/mol. The van der Waals surface area contributed by atoms with Gasteiger partial charge in [-0.05, 0) is 19.1 Å². The summed E-state index contributed by atoms with van der Waals surface area (Å²) in [5.74, 6) is -0.441. The van der Waals surface area contributed by atoms with Gasteiger partial charge in [-0.2, -0.15) is 0 Å². The second kappa shape index (κ2) is 7.35. The van der Waals surface area contributed by atoms with Gasteiger partial charge in [-0.25, -0.2) is 14.5 Å². The van der Waals surface area contributed by atoms with Crippen LogP contribution in [0.1, 0.15) is 18.6 Å². The van der Waals surface area contributed by atoms with Crippen LogP contribution in [0.5, 0.6) is 0 Å². The van der Waals surface area contributed by atoms with E-state index in [-0.39, 0.29) is 19.2 Å². The lowest BCUT2D eigenvalue weighted by atomic mass is 10.0. The second-order valence-electron chi connectivity index (χ2n) is 4.78. The molecule has 1 aliphatic heterocycles. The van der Waals surface area contributed by atoms with E-state index in [2.05, 4.69) is 16.0 Å². The van der Waals surface area contributed by atoms with E-state index in [1.165, 1.54) is 6.07 Å². The third kappa shape index (κ3) is 4.13. The number of rotatable bonds is 4. The van der Waals surface area contributed by atoms with E-state index in [1.54, 1.807) is 12.1 Å². The zero-order chi connectivity index (χ0) is 15.2. The summed E-state index contributed by atoms with van der Waals surface area (Å²) in [5.41, 5.74) is 0.777. The Morgan fingerprint density at radius 1 is 1.57 bits per heavy atom. The highest BCUT2D eigenvalue weighted by atomic mass is 19.1. The zero-order valence-electron chi connectivity index (χ0n) is 11.8. The molecule has 2 unspecified atom stereocenters. The minimum Gasteiger partial charge on any atom is -0.395 e. The molecular formula is C14H19FN3O3. The van der Waals surface area contributed by atoms with E-state index < -0.39 is 18.0 Å². The Kier molecular flexibility index (Phi) is 5.49. The van der Waals surface area contributed by atoms with Crippen molar-refractivity contribution in [3.05, 3.63) is 29.6 Å². The molecule has 0 bridgehead atoms. The summed E-state index contributed by atoms with van der Waals surface area (Å²) in [6.45, 7) is 2.99. The maximum absolute atomic E-state index is 14.2. The number of halogens is 1. The fraction of sp³-hybridized carbons (Fsp3) is 0.500. The Morgan fingerprint density at radius 2 is 2.38 bits per heavy atom. The summed E-state index contributed by atoms with van der Waals surface area (Å²) in [6, 6.07) is 3.87. The number of nitrogens with one attached hydrogen (secondary N) is 2. The van der Waals surface area contributed by atoms with Gasteiger partial charge in [0.25, 0.3) is 0 Å². The van der Waals surface area contributed by atoms with Gasteiger partial charge in [-0.15, -0.1) is 0 Å². The summed E-state index contributed by atoms with van der Waals surface area (Å²) < 4.78 is 19.7. The molecule has 2 atom stereocenters. The number of benzene rings is 1. The molecule has 7 heteroatoms. The molecule has 0 spiro atoms. The molecule has 1 aliphatic rings. The van der Waals surface area contributed by atoms with Crippen molar-refractivity contribution >= 4 is 11.7 Å². The van der Waals surface area contributed by atoms with Gasteiger partial charge in [0.2, 0.25) is 0 Å². The van der Waals surface area contributed by atoms with E-state index >= 15 is 0 Å². The Bertz CT molecular complexity index is 498. The number of hydrogen-bond donors (Lipinski definition) is 3. The number of morpholine rings is 1. The first kappa shape index (κ1) is 15.7. The molecule has 115 valence electrons. The second-order valence-corrected chi connectivity index (χ2v) is 4.78. The number of urea groups is 1. The van der Waals surface area contributed by atoms with Crippen molar-refractivity contribution in [1.29, 1.82) is 0 Å². The van der Waals surface area contributed by atoms with Crippen molar-refractivity contribution in [2.75, 3.05) is 31.6 Å². The number of carbonyl (C=O) groups is 1. The summed E-state index contributed by atoms with van der Waals surface area (Å²) >= 11 is 0. The number of nitrogens with zero attached hydrogens (tertiary/aromatic N) is 1. The van der Waals surface area contributed by atoms with Gasteiger partial charge in [0.1, 0.15) is 11.9 Å². The van der Waals surface area contributed by atoms with Gasteiger partial charge >= 0.3 is 6.03 Å². The number of hydrogen-bond acceptors (Lipinski definition) is 3. The quantitative estimate of drug-likeness (QED) is 0.775. The van der Waals surface area contributed by atoms with Crippen LogP contribution in [-0.2, 0) is 4.74 Å². The van der Waals surface area contributed by atoms with Crippen LogP contribution >= 0.6 is 0 Å². The lowest BCUT2D eigenvalue weighted by Gasteiger charge is -2.29. The maximum Gasteiger partial charge on any atom is 0.319 e. The van der Waals surface area contributed by atoms with Crippen LogP contribution in [0.25, 0.3) is 0 Å². The molecule has 21 heavy (non-hydrogen) atoms. The minimum atomic E-state index is -0.492. The number of ether oxygens (including phenoxy) is 1. The van der Waals surface area contributed by atoms with Gasteiger partial charge in [-0.3, -0.25) is 0 Å². The largest absolute Gasteiger partial charge is 0.395 e. The standard InChI is InChI=1S/C14H19FN3O3/c1-9-13(21-7-5-16-9)11-3-2-10(8-12(11)15)18-14(20)17-4-6-19/h2-3,8-9,13,19H,4-7H2,1H3,(H2,17,18,20). The van der Waals surface area contributed by atoms with Gasteiger partial charge in [-0.1, -0.05) is 6.07 Å². The van der Waals surface area contributed by atoms with E-state index in [0.717, 1.165) is 0 Å². The molecule has 1 saturated heterocycles. The molecule has 1 fully saturated rings. The molecule has 1 heterocycles. The molecule has 3 N–H and O–H groups in total. The van der Waals surface area contributed by atoms with E-state index in [4.69, 9.17) is 9.84 Å². The summed E-state index contributed by atoms with van der Waals surface area (Å²) in [4.78, 5) is 11.4. The fourth-order valence-corrected chi connectivity index (χ4v) is 2.20. The van der Waals surface area contributed by atoms with Gasteiger partial charge in [0.05, 0.1) is 19.3 Å². The minimum absolute atomic E-state index is 0.0973. The van der Waals surface area contributed by atoms with Crippen LogP contribution in [0.4, 0.5) is 14.9 Å². The Morgan fingerprint density at radius 3 is 3.05 bits per heavy atom. The third-order valence-corrected chi connectivity index (χ3v) is 3.21. The SMILES string of the molecule is CC1[N]CCOC1c1ccc(NC(=O)NCCO)cc1F. The van der Waals surface area contributed by atoms with Crippen LogP contribution in [0.2, 0.25) is 0 Å². The van der Waals surface area contributed by atoms with Crippen molar-refractivity contribution in [2.24, 2.45) is 0 Å². The van der Waals surface area contributed by atoms with Gasteiger partial charge < -0.3 is 20.5 Å². The molecule has 6 nitrogen and oxygen atoms in total. The Balaban J connectivity index is 2.05. The van der Waals surface area contributed by atoms with Crippen LogP contribution in [0.15, 0.2) is 18.2 Å². The summed E-state index contributed by atoms with van der Waals surface area (Å²) in [6.07, 6.45) is -0.393. The van der Waals surface area contributed by atoms with Crippen molar-refractivity contribution in [3.63, 3.8) is 0 Å². The summed E-state index contributed by atoms with van der Waals surface area (Å²) in [7, 11) is 0. The summed E-state index contributed by atoms with van der Waals surface area (Å²) in [5, 5.41) is 17.9. The molecule has 0 aliphatic carbocycles. The third-order valence-electron chi connectivity index (χ3n) is 3.21. The highest BCUT2D eigenvalue weighted by Gasteiger charge is 2.26. The average Bonchev–Trinajstić information content (AvgIpc) is 2.46. The monoisotopic (exact) mass is 296 g/mol. The molecule has 1 radical (unpaired) electrons. The van der Waals surface area contributed by atoms with Crippen LogP contribution in [0.3, 0.4) is 0 Å². The number of anilines is 1. The van der Waals surface area contributed by atoms with E-state index in [9.17, 15) is 9.18 Å². The fourth-order valence-electron chi connectivity index (χ4n) is 2.20. The number of amides is 2. The van der Waals surface area contributed by atoms with Gasteiger partial charge in [0.15, 0.2) is 0 Å². The lowest BCUT2D eigenvalue weighted by Crippen LogP contribution is -2.36. The number of carbonyl (C=O) groups excluding carboxylic acids is 1. The van der Waals surface area contributed by atoms with E-state index in [1.807, 2.05) is 6.92 Å². The number of aliphatic hydroxyl groups is 1. The first-order valence-corrected chi connectivity index (χ1v) is 6.85. The lowest BCUT2D eigenvalue weighted by molar-refractivity contribution is -0.00419. The predicted octanol–water partition coefficient (Wildman–Crippen LogP) is 1.00. The smallest absolute Gasteiger partial charge is 0.319 e. The average molecular weight is 296 g/mol. The zero-order valence-corrected chi connectivity index (χ0v) is 11.8. The van der Waals surface area contributed by atoms with Crippen molar-refractivity contribution in [2.45, 2.75) is 19.1 Å². The van der Waals surface area contributed by atoms with Crippen LogP contribution in [-0.4, -0.2) is 43.5 Å². The molecule has 1 aromatic carbocycles. The normalized spacial score (nSPS) is 21.9. The molecule has 2 rings (SSSR count). The topological polar surface area (TPSA) is 84.7 Å². The van der Waals surface area contributed by atoms with Crippen molar-refractivity contribution in [1.82, 2.24) is 10.6 Å². The Labute approximate surface area is 122 Å². The predicted molar refractivity (Wildman–Crippen MR) is 75.7 cm³/mol. The van der Waals surface area contributed by atoms with E-state index in [0.29, 0.717) is 24.4 Å².